The van der Waals surface area contributed by atoms with E-state index in [4.69, 9.17) is 15.6 Å². The molecule has 5 heteroatoms. The number of benzene rings is 1. The van der Waals surface area contributed by atoms with Crippen molar-refractivity contribution in [2.24, 2.45) is 0 Å². The Bertz CT molecular complexity index is 397. The van der Waals surface area contributed by atoms with Crippen LogP contribution in [-0.4, -0.2) is 42.1 Å². The van der Waals surface area contributed by atoms with E-state index >= 15 is 0 Å². The third-order valence-electron chi connectivity index (χ3n) is 2.77. The zero-order valence-electron chi connectivity index (χ0n) is 9.84. The summed E-state index contributed by atoms with van der Waals surface area (Å²) in [6.07, 6.45) is -0.702. The minimum Gasteiger partial charge on any atom is -0.487 e. The third kappa shape index (κ3) is 2.62. The number of ether oxygens (including phenoxy) is 1. The molecule has 1 heterocycles. The summed E-state index contributed by atoms with van der Waals surface area (Å²) in [6.45, 7) is 2.77. The van der Waals surface area contributed by atoms with Gasteiger partial charge in [0.1, 0.15) is 11.9 Å². The van der Waals surface area contributed by atoms with Gasteiger partial charge in [-0.25, -0.2) is 0 Å². The van der Waals surface area contributed by atoms with Crippen molar-refractivity contribution in [2.45, 2.75) is 19.1 Å². The molecule has 0 bridgehead atoms. The largest absolute Gasteiger partial charge is 0.487 e. The summed E-state index contributed by atoms with van der Waals surface area (Å²) in [5.41, 5.74) is 7.28. The van der Waals surface area contributed by atoms with Crippen LogP contribution in [0.25, 0.3) is 0 Å². The van der Waals surface area contributed by atoms with E-state index in [2.05, 4.69) is 0 Å². The number of aliphatic hydroxyl groups is 2. The van der Waals surface area contributed by atoms with Gasteiger partial charge in [0, 0.05) is 12.2 Å². The van der Waals surface area contributed by atoms with Gasteiger partial charge in [0.25, 0.3) is 0 Å². The van der Waals surface area contributed by atoms with Crippen molar-refractivity contribution < 1.29 is 14.9 Å². The second kappa shape index (κ2) is 4.81. The maximum atomic E-state index is 9.53. The van der Waals surface area contributed by atoms with Crippen molar-refractivity contribution in [3.05, 3.63) is 18.2 Å². The van der Waals surface area contributed by atoms with Gasteiger partial charge in [-0.3, -0.25) is 0 Å². The Morgan fingerprint density at radius 3 is 3.06 bits per heavy atom. The second-order valence-electron chi connectivity index (χ2n) is 4.40. The van der Waals surface area contributed by atoms with E-state index < -0.39 is 6.10 Å². The molecule has 17 heavy (non-hydrogen) atoms. The topological polar surface area (TPSA) is 79.0 Å². The van der Waals surface area contributed by atoms with E-state index in [1.807, 2.05) is 24.0 Å². The highest BCUT2D eigenvalue weighted by molar-refractivity contribution is 5.66. The Morgan fingerprint density at radius 2 is 2.35 bits per heavy atom. The normalized spacial score (nSPS) is 20.6. The summed E-state index contributed by atoms with van der Waals surface area (Å²) in [5, 5.41) is 18.4. The summed E-state index contributed by atoms with van der Waals surface area (Å²) in [6, 6.07) is 5.45. The Hall–Kier alpha value is -1.46. The Morgan fingerprint density at radius 1 is 1.59 bits per heavy atom. The zero-order chi connectivity index (χ0) is 12.4. The molecule has 0 saturated carbocycles. The van der Waals surface area contributed by atoms with Crippen LogP contribution in [0.15, 0.2) is 18.2 Å². The number of aliphatic hydroxyl groups excluding tert-OH is 2. The van der Waals surface area contributed by atoms with Crippen LogP contribution in [0.3, 0.4) is 0 Å². The van der Waals surface area contributed by atoms with Gasteiger partial charge in [0.2, 0.25) is 0 Å². The summed E-state index contributed by atoms with van der Waals surface area (Å²) < 4.78 is 5.69. The minimum atomic E-state index is -0.755. The molecule has 0 saturated heterocycles. The van der Waals surface area contributed by atoms with E-state index in [1.165, 1.54) is 0 Å². The second-order valence-corrected chi connectivity index (χ2v) is 4.40. The van der Waals surface area contributed by atoms with Crippen molar-refractivity contribution in [3.8, 4) is 5.75 Å². The van der Waals surface area contributed by atoms with Crippen LogP contribution in [0.1, 0.15) is 6.92 Å². The maximum absolute atomic E-state index is 9.53. The molecule has 0 fully saturated rings. The maximum Gasteiger partial charge on any atom is 0.143 e. The van der Waals surface area contributed by atoms with Crippen LogP contribution in [0.4, 0.5) is 11.4 Å². The fourth-order valence-corrected chi connectivity index (χ4v) is 2.03. The number of rotatable bonds is 3. The molecule has 94 valence electrons. The van der Waals surface area contributed by atoms with Crippen molar-refractivity contribution in [1.82, 2.24) is 0 Å². The van der Waals surface area contributed by atoms with Gasteiger partial charge in [-0.05, 0) is 25.1 Å². The first-order chi connectivity index (χ1) is 8.10. The van der Waals surface area contributed by atoms with Gasteiger partial charge in [-0.1, -0.05) is 0 Å². The molecule has 1 aliphatic heterocycles. The number of hydrogen-bond donors (Lipinski definition) is 3. The SMILES string of the molecule is CC1CN(CC(O)CO)c2cc(N)ccc2O1. The summed E-state index contributed by atoms with van der Waals surface area (Å²) in [5.74, 6) is 0.767. The smallest absolute Gasteiger partial charge is 0.143 e. The first-order valence-corrected chi connectivity index (χ1v) is 5.70. The number of nitrogens with zero attached hydrogens (tertiary/aromatic N) is 1. The molecular weight excluding hydrogens is 220 g/mol. The van der Waals surface area contributed by atoms with Crippen molar-refractivity contribution in [1.29, 1.82) is 0 Å². The molecule has 0 radical (unpaired) electrons. The highest BCUT2D eigenvalue weighted by atomic mass is 16.5. The van der Waals surface area contributed by atoms with E-state index in [1.54, 1.807) is 6.07 Å². The lowest BCUT2D eigenvalue weighted by atomic mass is 10.1. The van der Waals surface area contributed by atoms with Crippen molar-refractivity contribution in [3.63, 3.8) is 0 Å². The van der Waals surface area contributed by atoms with E-state index in [0.29, 0.717) is 18.8 Å². The van der Waals surface area contributed by atoms with Crippen LogP contribution in [-0.2, 0) is 0 Å². The van der Waals surface area contributed by atoms with Crippen LogP contribution >= 0.6 is 0 Å². The number of fused-ring (bicyclic) bond motifs is 1. The van der Waals surface area contributed by atoms with Gasteiger partial charge in [0.05, 0.1) is 24.9 Å². The monoisotopic (exact) mass is 238 g/mol. The zero-order valence-corrected chi connectivity index (χ0v) is 9.84. The van der Waals surface area contributed by atoms with Crippen molar-refractivity contribution in [2.75, 3.05) is 30.3 Å². The lowest BCUT2D eigenvalue weighted by molar-refractivity contribution is 0.0961. The molecule has 2 unspecified atom stereocenters. The number of hydrogen-bond acceptors (Lipinski definition) is 5. The Balaban J connectivity index is 2.26. The molecule has 0 aliphatic carbocycles. The summed E-state index contributed by atoms with van der Waals surface area (Å²) in [4.78, 5) is 1.99. The first kappa shape index (κ1) is 12.0. The predicted octanol–water partition coefficient (Wildman–Crippen LogP) is 0.209. The van der Waals surface area contributed by atoms with Gasteiger partial charge < -0.3 is 25.6 Å². The van der Waals surface area contributed by atoms with E-state index in [-0.39, 0.29) is 12.7 Å². The molecular formula is C12H18N2O3. The fourth-order valence-electron chi connectivity index (χ4n) is 2.03. The summed E-state index contributed by atoms with van der Waals surface area (Å²) >= 11 is 0. The number of nitrogens with two attached hydrogens (primary N) is 1. The number of nitrogen functional groups attached to an aromatic ring is 1. The fraction of sp³-hybridized carbons (Fsp3) is 0.500. The standard InChI is InChI=1S/C12H18N2O3/c1-8-5-14(6-10(16)7-15)11-4-9(13)2-3-12(11)17-8/h2-4,8,10,15-16H,5-7,13H2,1H3. The quantitative estimate of drug-likeness (QED) is 0.656. The number of anilines is 2. The highest BCUT2D eigenvalue weighted by Crippen LogP contribution is 2.34. The highest BCUT2D eigenvalue weighted by Gasteiger charge is 2.24. The third-order valence-corrected chi connectivity index (χ3v) is 2.77. The average molecular weight is 238 g/mol. The molecule has 2 atom stereocenters. The Kier molecular flexibility index (Phi) is 3.40. The van der Waals surface area contributed by atoms with Crippen molar-refractivity contribution >= 4 is 11.4 Å². The van der Waals surface area contributed by atoms with Crippen LogP contribution in [0.2, 0.25) is 0 Å². The lowest BCUT2D eigenvalue weighted by Crippen LogP contribution is -2.43. The molecule has 1 aromatic carbocycles. The lowest BCUT2D eigenvalue weighted by Gasteiger charge is -2.36. The molecule has 0 aromatic heterocycles. The molecule has 2 rings (SSSR count). The molecule has 0 spiro atoms. The first-order valence-electron chi connectivity index (χ1n) is 5.70. The van der Waals surface area contributed by atoms with Crippen LogP contribution < -0.4 is 15.4 Å². The van der Waals surface area contributed by atoms with E-state index in [9.17, 15) is 5.11 Å². The predicted molar refractivity (Wildman–Crippen MR) is 66.3 cm³/mol. The summed E-state index contributed by atoms with van der Waals surface area (Å²) in [7, 11) is 0. The molecule has 4 N–H and O–H groups in total. The average Bonchev–Trinajstić information content (AvgIpc) is 2.29. The van der Waals surface area contributed by atoms with Gasteiger partial charge in [0.15, 0.2) is 0 Å². The van der Waals surface area contributed by atoms with Gasteiger partial charge in [-0.2, -0.15) is 0 Å². The molecule has 1 aromatic rings. The van der Waals surface area contributed by atoms with Gasteiger partial charge >= 0.3 is 0 Å². The molecule has 1 aliphatic rings. The van der Waals surface area contributed by atoms with Gasteiger partial charge in [-0.15, -0.1) is 0 Å². The number of β-amino-alcohol motifs (C(OH)–C–C–N with tert-alkyl or cyclic N) is 1. The van der Waals surface area contributed by atoms with E-state index in [0.717, 1.165) is 11.4 Å². The van der Waals surface area contributed by atoms with Crippen LogP contribution in [0.5, 0.6) is 5.75 Å². The Labute approximate surface area is 100 Å². The molecule has 0 amide bonds. The minimum absolute atomic E-state index is 0.0528. The van der Waals surface area contributed by atoms with Crippen LogP contribution in [0, 0.1) is 0 Å². The molecule has 5 nitrogen and oxygen atoms in total.